The van der Waals surface area contributed by atoms with Gasteiger partial charge in [0.2, 0.25) is 5.96 Å². The highest BCUT2D eigenvalue weighted by atomic mass is 35.5. The largest absolute Gasteiger partial charge is 0.369 e. The first-order chi connectivity index (χ1) is 16.0. The molecule has 0 atom stereocenters. The molecule has 4 rings (SSSR count). The predicted octanol–water partition coefficient (Wildman–Crippen LogP) is 6.97. The van der Waals surface area contributed by atoms with Crippen LogP contribution in [0.4, 0.5) is 4.39 Å². The van der Waals surface area contributed by atoms with E-state index in [-0.39, 0.29) is 11.8 Å². The van der Waals surface area contributed by atoms with Gasteiger partial charge in [0.15, 0.2) is 0 Å². The molecule has 3 N–H and O–H groups in total. The summed E-state index contributed by atoms with van der Waals surface area (Å²) in [5.41, 5.74) is 10.7. The predicted molar refractivity (Wildman–Crippen MR) is 136 cm³/mol. The molecular formula is C25H19Cl2FN4S. The second-order valence-corrected chi connectivity index (χ2v) is 8.84. The zero-order valence-electron chi connectivity index (χ0n) is 17.3. The quantitative estimate of drug-likeness (QED) is 0.172. The number of nitrogens with two attached hydrogens (primary N) is 1. The van der Waals surface area contributed by atoms with E-state index in [9.17, 15) is 4.39 Å². The van der Waals surface area contributed by atoms with E-state index in [0.29, 0.717) is 16.6 Å². The van der Waals surface area contributed by atoms with E-state index in [2.05, 4.69) is 15.8 Å². The summed E-state index contributed by atoms with van der Waals surface area (Å²) >= 11 is 13.3. The summed E-state index contributed by atoms with van der Waals surface area (Å²) in [6.45, 7) is 0.438. The number of benzene rings is 3. The number of nitrogens with one attached hydrogen (secondary N) is 1. The van der Waals surface area contributed by atoms with Crippen molar-refractivity contribution in [3.8, 4) is 22.4 Å². The van der Waals surface area contributed by atoms with Crippen LogP contribution in [0.2, 0.25) is 10.0 Å². The van der Waals surface area contributed by atoms with E-state index in [1.807, 2.05) is 48.5 Å². The SMILES string of the molecule is N/C(=N\Sc1ccc(F)cc1)NCc1cnc(-c2ccc(Cl)cc2)c(-c2ccc(Cl)cc2)c1. The maximum atomic E-state index is 13.0. The molecule has 0 amide bonds. The van der Waals surface area contributed by atoms with E-state index < -0.39 is 0 Å². The van der Waals surface area contributed by atoms with Crippen molar-refractivity contribution < 1.29 is 4.39 Å². The van der Waals surface area contributed by atoms with Crippen molar-refractivity contribution in [1.29, 1.82) is 0 Å². The minimum Gasteiger partial charge on any atom is -0.369 e. The van der Waals surface area contributed by atoms with E-state index in [1.54, 1.807) is 18.3 Å². The molecule has 0 unspecified atom stereocenters. The van der Waals surface area contributed by atoms with Gasteiger partial charge in [-0.3, -0.25) is 4.98 Å². The topological polar surface area (TPSA) is 63.3 Å². The molecule has 0 saturated heterocycles. The van der Waals surface area contributed by atoms with E-state index in [4.69, 9.17) is 33.9 Å². The lowest BCUT2D eigenvalue weighted by molar-refractivity contribution is 0.626. The number of pyridine rings is 1. The first kappa shape index (κ1) is 23.1. The van der Waals surface area contributed by atoms with Gasteiger partial charge in [0.05, 0.1) is 5.69 Å². The number of nitrogens with zero attached hydrogens (tertiary/aromatic N) is 2. The van der Waals surface area contributed by atoms with Gasteiger partial charge in [0.25, 0.3) is 0 Å². The Balaban J connectivity index is 1.55. The molecule has 8 heteroatoms. The molecule has 33 heavy (non-hydrogen) atoms. The standard InChI is InChI=1S/C25H19Cl2FN4S/c26-19-5-1-17(2-6-19)23-13-16(14-30-24(23)18-3-7-20(27)8-4-18)15-31-25(29)32-33-22-11-9-21(28)10-12-22/h1-14H,15H2,(H3,29,31,32). The Kier molecular flexibility index (Phi) is 7.50. The highest BCUT2D eigenvalue weighted by Crippen LogP contribution is 2.32. The van der Waals surface area contributed by atoms with Crippen molar-refractivity contribution in [1.82, 2.24) is 10.3 Å². The summed E-state index contributed by atoms with van der Waals surface area (Å²) in [6, 6.07) is 23.3. The third-order valence-corrected chi connectivity index (χ3v) is 6.03. The number of rotatable bonds is 6. The van der Waals surface area contributed by atoms with Crippen LogP contribution in [0.1, 0.15) is 5.56 Å². The first-order valence-electron chi connectivity index (χ1n) is 9.98. The number of guanidine groups is 1. The molecule has 4 aromatic rings. The first-order valence-corrected chi connectivity index (χ1v) is 11.5. The lowest BCUT2D eigenvalue weighted by atomic mass is 9.98. The van der Waals surface area contributed by atoms with Crippen molar-refractivity contribution >= 4 is 41.1 Å². The minimum absolute atomic E-state index is 0.263. The lowest BCUT2D eigenvalue weighted by Crippen LogP contribution is -2.30. The minimum atomic E-state index is -0.291. The van der Waals surface area contributed by atoms with Gasteiger partial charge in [-0.25, -0.2) is 4.39 Å². The average Bonchev–Trinajstić information content (AvgIpc) is 2.83. The van der Waals surface area contributed by atoms with Crippen molar-refractivity contribution in [2.45, 2.75) is 11.4 Å². The summed E-state index contributed by atoms with van der Waals surface area (Å²) in [6.07, 6.45) is 1.80. The number of hydrogen-bond donors (Lipinski definition) is 2. The van der Waals surface area contributed by atoms with Crippen LogP contribution in [0.15, 0.2) is 94.4 Å². The summed E-state index contributed by atoms with van der Waals surface area (Å²) in [4.78, 5) is 5.51. The number of aromatic nitrogens is 1. The van der Waals surface area contributed by atoms with Gasteiger partial charge in [-0.05, 0) is 65.7 Å². The fraction of sp³-hybridized carbons (Fsp3) is 0.0400. The van der Waals surface area contributed by atoms with Crippen LogP contribution in [0, 0.1) is 5.82 Å². The Hall–Kier alpha value is -3.06. The van der Waals surface area contributed by atoms with Crippen molar-refractivity contribution in [3.05, 3.63) is 106 Å². The third kappa shape index (κ3) is 6.26. The van der Waals surface area contributed by atoms with Gasteiger partial charge in [-0.2, -0.15) is 4.40 Å². The maximum Gasteiger partial charge on any atom is 0.201 e. The van der Waals surface area contributed by atoms with Crippen LogP contribution < -0.4 is 11.1 Å². The molecule has 0 spiro atoms. The van der Waals surface area contributed by atoms with Gasteiger partial charge in [-0.1, -0.05) is 47.5 Å². The van der Waals surface area contributed by atoms with Gasteiger partial charge in [0.1, 0.15) is 5.82 Å². The van der Waals surface area contributed by atoms with Crippen LogP contribution in [0.25, 0.3) is 22.4 Å². The van der Waals surface area contributed by atoms with Crippen molar-refractivity contribution in [2.75, 3.05) is 0 Å². The van der Waals surface area contributed by atoms with E-state index >= 15 is 0 Å². The molecule has 0 radical (unpaired) electrons. The Morgan fingerprint density at radius 3 is 2.15 bits per heavy atom. The summed E-state index contributed by atoms with van der Waals surface area (Å²) in [5.74, 6) is -0.0281. The zero-order chi connectivity index (χ0) is 23.2. The molecule has 1 heterocycles. The summed E-state index contributed by atoms with van der Waals surface area (Å²) in [5, 5.41) is 4.42. The molecule has 0 aliphatic heterocycles. The van der Waals surface area contributed by atoms with E-state index in [0.717, 1.165) is 32.8 Å². The van der Waals surface area contributed by atoms with Gasteiger partial charge < -0.3 is 11.1 Å². The Morgan fingerprint density at radius 2 is 1.52 bits per heavy atom. The van der Waals surface area contributed by atoms with Crippen LogP contribution in [0.3, 0.4) is 0 Å². The molecule has 0 aliphatic carbocycles. The Bertz CT molecular complexity index is 1260. The average molecular weight is 497 g/mol. The maximum absolute atomic E-state index is 13.0. The second kappa shape index (κ2) is 10.7. The Morgan fingerprint density at radius 1 is 0.909 bits per heavy atom. The van der Waals surface area contributed by atoms with Crippen LogP contribution in [-0.2, 0) is 6.54 Å². The summed E-state index contributed by atoms with van der Waals surface area (Å²) < 4.78 is 17.3. The number of halogens is 3. The van der Waals surface area contributed by atoms with Gasteiger partial charge in [0, 0.05) is 50.8 Å². The molecule has 0 aliphatic rings. The molecule has 4 nitrogen and oxygen atoms in total. The Labute approximate surface area is 205 Å². The van der Waals surface area contributed by atoms with Crippen LogP contribution >= 0.6 is 35.1 Å². The molecule has 0 saturated carbocycles. The molecule has 3 aromatic carbocycles. The smallest absolute Gasteiger partial charge is 0.201 e. The van der Waals surface area contributed by atoms with Crippen molar-refractivity contribution in [2.24, 2.45) is 10.1 Å². The monoisotopic (exact) mass is 496 g/mol. The number of hydrogen-bond acceptors (Lipinski definition) is 3. The van der Waals surface area contributed by atoms with Crippen LogP contribution in [0.5, 0.6) is 0 Å². The fourth-order valence-corrected chi connectivity index (χ4v) is 3.89. The normalized spacial score (nSPS) is 11.4. The van der Waals surface area contributed by atoms with Gasteiger partial charge >= 0.3 is 0 Å². The second-order valence-electron chi connectivity index (χ2n) is 7.13. The summed E-state index contributed by atoms with van der Waals surface area (Å²) in [7, 11) is 0. The third-order valence-electron chi connectivity index (χ3n) is 4.75. The highest BCUT2D eigenvalue weighted by Gasteiger charge is 2.11. The molecule has 0 bridgehead atoms. The lowest BCUT2D eigenvalue weighted by Gasteiger charge is -2.13. The highest BCUT2D eigenvalue weighted by molar-refractivity contribution is 7.98. The fourth-order valence-electron chi connectivity index (χ4n) is 3.11. The van der Waals surface area contributed by atoms with Gasteiger partial charge in [-0.15, -0.1) is 0 Å². The molecule has 0 fully saturated rings. The van der Waals surface area contributed by atoms with Crippen LogP contribution in [-0.4, -0.2) is 10.9 Å². The molecule has 166 valence electrons. The molecular weight excluding hydrogens is 478 g/mol. The van der Waals surface area contributed by atoms with Crippen molar-refractivity contribution in [3.63, 3.8) is 0 Å². The zero-order valence-corrected chi connectivity index (χ0v) is 19.6. The molecule has 1 aromatic heterocycles. The van der Waals surface area contributed by atoms with E-state index in [1.165, 1.54) is 24.1 Å².